The molecule has 5 nitrogen and oxygen atoms in total. The molecule has 0 aliphatic rings. The van der Waals surface area contributed by atoms with Crippen LogP contribution in [0, 0.1) is 5.82 Å². The van der Waals surface area contributed by atoms with Crippen LogP contribution in [0.4, 0.5) is 4.39 Å². The smallest absolute Gasteiger partial charge is 0.248 e. The first-order valence-electron chi connectivity index (χ1n) is 7.74. The van der Waals surface area contributed by atoms with E-state index in [1.54, 1.807) is 30.3 Å². The van der Waals surface area contributed by atoms with Crippen LogP contribution < -0.4 is 16.4 Å². The highest BCUT2D eigenvalue weighted by Gasteiger charge is 2.02. The normalized spacial score (nSPS) is 10.7. The van der Waals surface area contributed by atoms with Crippen molar-refractivity contribution in [2.75, 3.05) is 6.54 Å². The minimum Gasteiger partial charge on any atom is -0.366 e. The molecule has 0 unspecified atom stereocenters. The molecule has 0 aromatic heterocycles. The van der Waals surface area contributed by atoms with Gasteiger partial charge in [0.05, 0.1) is 6.54 Å². The lowest BCUT2D eigenvalue weighted by Crippen LogP contribution is -2.36. The fourth-order valence-electron chi connectivity index (χ4n) is 2.12. The molecule has 0 aliphatic carbocycles. The first-order chi connectivity index (χ1) is 11.6. The summed E-state index contributed by atoms with van der Waals surface area (Å²) in [6, 6.07) is 13.4. The van der Waals surface area contributed by atoms with Crippen molar-refractivity contribution in [2.24, 2.45) is 10.7 Å². The minimum atomic E-state index is -0.456. The minimum absolute atomic E-state index is 0. The number of guanidine groups is 1. The van der Waals surface area contributed by atoms with Crippen molar-refractivity contribution in [1.82, 2.24) is 10.6 Å². The summed E-state index contributed by atoms with van der Waals surface area (Å²) in [4.78, 5) is 15.7. The maximum atomic E-state index is 12.9. The number of rotatable bonds is 6. The number of primary amides is 1. The second-order valence-corrected chi connectivity index (χ2v) is 5.24. The Morgan fingerprint density at radius 2 is 1.84 bits per heavy atom. The van der Waals surface area contributed by atoms with E-state index >= 15 is 0 Å². The van der Waals surface area contributed by atoms with Crippen molar-refractivity contribution < 1.29 is 9.18 Å². The van der Waals surface area contributed by atoms with Gasteiger partial charge in [-0.15, -0.1) is 24.0 Å². The molecule has 1 amide bonds. The third kappa shape index (κ3) is 7.08. The molecule has 0 atom stereocenters. The van der Waals surface area contributed by atoms with Gasteiger partial charge in [-0.2, -0.15) is 0 Å². The highest BCUT2D eigenvalue weighted by molar-refractivity contribution is 14.0. The number of carbonyl (C=O) groups excluding carboxylic acids is 1. The monoisotopic (exact) mass is 456 g/mol. The van der Waals surface area contributed by atoms with E-state index in [9.17, 15) is 9.18 Å². The van der Waals surface area contributed by atoms with Crippen molar-refractivity contribution in [3.8, 4) is 0 Å². The van der Waals surface area contributed by atoms with E-state index in [2.05, 4.69) is 15.6 Å². The molecule has 0 radical (unpaired) electrons. The van der Waals surface area contributed by atoms with Gasteiger partial charge >= 0.3 is 0 Å². The van der Waals surface area contributed by atoms with Gasteiger partial charge in [0.25, 0.3) is 0 Å². The Kier molecular flexibility index (Phi) is 8.90. The number of nitrogens with one attached hydrogen (secondary N) is 2. The fourth-order valence-corrected chi connectivity index (χ4v) is 2.12. The number of halogens is 2. The molecule has 2 aromatic rings. The van der Waals surface area contributed by atoms with E-state index in [0.29, 0.717) is 24.6 Å². The largest absolute Gasteiger partial charge is 0.366 e. The SMILES string of the molecule is CCNC(=NCc1cccc(C(N)=O)c1)NCc1ccc(F)cc1.I. The van der Waals surface area contributed by atoms with Crippen LogP contribution in [0.3, 0.4) is 0 Å². The second kappa shape index (κ2) is 10.7. The van der Waals surface area contributed by atoms with E-state index in [1.165, 1.54) is 12.1 Å². The van der Waals surface area contributed by atoms with E-state index < -0.39 is 5.91 Å². The van der Waals surface area contributed by atoms with Gasteiger partial charge in [-0.3, -0.25) is 4.79 Å². The van der Waals surface area contributed by atoms with E-state index in [-0.39, 0.29) is 29.8 Å². The van der Waals surface area contributed by atoms with E-state index in [4.69, 9.17) is 5.73 Å². The van der Waals surface area contributed by atoms with Crippen LogP contribution in [0.25, 0.3) is 0 Å². The zero-order valence-electron chi connectivity index (χ0n) is 14.0. The molecule has 2 aromatic carbocycles. The lowest BCUT2D eigenvalue weighted by Gasteiger charge is -2.11. The predicted molar refractivity (Wildman–Crippen MR) is 108 cm³/mol. The van der Waals surface area contributed by atoms with Crippen molar-refractivity contribution in [2.45, 2.75) is 20.0 Å². The fraction of sp³-hybridized carbons (Fsp3) is 0.222. The molecule has 25 heavy (non-hydrogen) atoms. The lowest BCUT2D eigenvalue weighted by atomic mass is 10.1. The van der Waals surface area contributed by atoms with Gasteiger partial charge in [0.2, 0.25) is 5.91 Å². The van der Waals surface area contributed by atoms with Gasteiger partial charge in [-0.25, -0.2) is 9.38 Å². The molecule has 0 saturated heterocycles. The number of amides is 1. The Bertz CT molecular complexity index is 719. The third-order valence-electron chi connectivity index (χ3n) is 3.35. The molecule has 0 bridgehead atoms. The van der Waals surface area contributed by atoms with Gasteiger partial charge < -0.3 is 16.4 Å². The molecular formula is C18H22FIN4O. The van der Waals surface area contributed by atoms with Crippen LogP contribution in [0.1, 0.15) is 28.4 Å². The van der Waals surface area contributed by atoms with Crippen molar-refractivity contribution in [1.29, 1.82) is 0 Å². The lowest BCUT2D eigenvalue weighted by molar-refractivity contribution is 0.1000. The Morgan fingerprint density at radius 3 is 2.48 bits per heavy atom. The number of nitrogens with two attached hydrogens (primary N) is 1. The van der Waals surface area contributed by atoms with Gasteiger partial charge in [-0.1, -0.05) is 24.3 Å². The topological polar surface area (TPSA) is 79.5 Å². The van der Waals surface area contributed by atoms with Gasteiger partial charge in [0, 0.05) is 18.7 Å². The zero-order chi connectivity index (χ0) is 17.4. The Morgan fingerprint density at radius 1 is 1.12 bits per heavy atom. The van der Waals surface area contributed by atoms with Crippen molar-refractivity contribution >= 4 is 35.8 Å². The first kappa shape index (κ1) is 20.9. The summed E-state index contributed by atoms with van der Waals surface area (Å²) >= 11 is 0. The molecule has 134 valence electrons. The molecule has 0 heterocycles. The highest BCUT2D eigenvalue weighted by atomic mass is 127. The summed E-state index contributed by atoms with van der Waals surface area (Å²) in [5.41, 5.74) is 7.60. The van der Waals surface area contributed by atoms with Crippen LogP contribution in [0.5, 0.6) is 0 Å². The number of carbonyl (C=O) groups is 1. The Balaban J connectivity index is 0.00000312. The number of nitrogens with zero attached hydrogens (tertiary/aromatic N) is 1. The van der Waals surface area contributed by atoms with Gasteiger partial charge in [-0.05, 0) is 42.3 Å². The third-order valence-corrected chi connectivity index (χ3v) is 3.35. The summed E-state index contributed by atoms with van der Waals surface area (Å²) in [6.45, 7) is 3.65. The van der Waals surface area contributed by atoms with Crippen LogP contribution in [0.15, 0.2) is 53.5 Å². The summed E-state index contributed by atoms with van der Waals surface area (Å²) in [6.07, 6.45) is 0. The second-order valence-electron chi connectivity index (χ2n) is 5.24. The van der Waals surface area contributed by atoms with Crippen LogP contribution >= 0.6 is 24.0 Å². The van der Waals surface area contributed by atoms with Gasteiger partial charge in [0.15, 0.2) is 5.96 Å². The van der Waals surface area contributed by atoms with Crippen LogP contribution in [-0.2, 0) is 13.1 Å². The average Bonchev–Trinajstić information content (AvgIpc) is 2.59. The number of hydrogen-bond acceptors (Lipinski definition) is 2. The number of benzene rings is 2. The molecule has 4 N–H and O–H groups in total. The van der Waals surface area contributed by atoms with E-state index in [0.717, 1.165) is 17.7 Å². The van der Waals surface area contributed by atoms with Crippen molar-refractivity contribution in [3.05, 3.63) is 71.0 Å². The Labute approximate surface area is 163 Å². The Hall–Kier alpha value is -2.16. The van der Waals surface area contributed by atoms with Crippen LogP contribution in [0.2, 0.25) is 0 Å². The maximum Gasteiger partial charge on any atom is 0.248 e. The predicted octanol–water partition coefficient (Wildman–Crippen LogP) is 2.80. The number of aliphatic imine (C=N–C) groups is 1. The van der Waals surface area contributed by atoms with E-state index in [1.807, 2.05) is 13.0 Å². The molecule has 7 heteroatoms. The summed E-state index contributed by atoms with van der Waals surface area (Å²) in [5, 5.41) is 6.33. The quantitative estimate of drug-likeness (QED) is 0.356. The highest BCUT2D eigenvalue weighted by Crippen LogP contribution is 2.06. The number of hydrogen-bond donors (Lipinski definition) is 3. The summed E-state index contributed by atoms with van der Waals surface area (Å²) < 4.78 is 12.9. The maximum absolute atomic E-state index is 12.9. The molecule has 0 saturated carbocycles. The average molecular weight is 456 g/mol. The first-order valence-corrected chi connectivity index (χ1v) is 7.74. The molecule has 0 aliphatic heterocycles. The van der Waals surface area contributed by atoms with Crippen LogP contribution in [-0.4, -0.2) is 18.4 Å². The zero-order valence-corrected chi connectivity index (χ0v) is 16.3. The summed E-state index contributed by atoms with van der Waals surface area (Å²) in [7, 11) is 0. The molecule has 0 fully saturated rings. The summed E-state index contributed by atoms with van der Waals surface area (Å²) in [5.74, 6) is -0.0675. The van der Waals surface area contributed by atoms with Crippen molar-refractivity contribution in [3.63, 3.8) is 0 Å². The molecule has 0 spiro atoms. The standard InChI is InChI=1S/C18H21FN4O.HI/c1-2-21-18(22-11-13-6-8-16(19)9-7-13)23-12-14-4-3-5-15(10-14)17(20)24;/h3-10H,2,11-12H2,1H3,(H2,20,24)(H2,21,22,23);1H. The van der Waals surface area contributed by atoms with Gasteiger partial charge in [0.1, 0.15) is 5.82 Å². The molecule has 2 rings (SSSR count). The molecular weight excluding hydrogens is 434 g/mol.